The molecule has 2 saturated heterocycles. The van der Waals surface area contributed by atoms with E-state index in [1.54, 1.807) is 0 Å². The summed E-state index contributed by atoms with van der Waals surface area (Å²) in [7, 11) is 0. The van der Waals surface area contributed by atoms with Crippen molar-refractivity contribution in [1.82, 2.24) is 5.32 Å². The number of ether oxygens (including phenoxy) is 4. The van der Waals surface area contributed by atoms with E-state index in [2.05, 4.69) is 19.2 Å². The van der Waals surface area contributed by atoms with Gasteiger partial charge < -0.3 is 65.1 Å². The molecule has 65 heavy (non-hydrogen) atoms. The van der Waals surface area contributed by atoms with Crippen LogP contribution in [0.25, 0.3) is 0 Å². The molecule has 0 aliphatic carbocycles. The number of carbonyl (C=O) groups excluding carboxylic acids is 1. The molecule has 14 nitrogen and oxygen atoms in total. The third kappa shape index (κ3) is 26.0. The normalized spacial score (nSPS) is 26.9. The van der Waals surface area contributed by atoms with E-state index in [9.17, 15) is 45.6 Å². The molecule has 1 amide bonds. The average molecular weight is 934 g/mol. The maximum atomic E-state index is 13.2. The molecule has 2 fully saturated rings. The molecule has 0 aromatic carbocycles. The molecule has 14 heteroatoms. The van der Waals surface area contributed by atoms with Gasteiger partial charge in [-0.2, -0.15) is 0 Å². The largest absolute Gasteiger partial charge is 0.394 e. The summed E-state index contributed by atoms with van der Waals surface area (Å²) in [5, 5.41) is 86.7. The summed E-state index contributed by atoms with van der Waals surface area (Å²) in [6.45, 7) is 2.83. The van der Waals surface area contributed by atoms with Crippen molar-refractivity contribution in [3.8, 4) is 0 Å². The number of hydrogen-bond donors (Lipinski definition) is 9. The van der Waals surface area contributed by atoms with E-state index >= 15 is 0 Å². The highest BCUT2D eigenvalue weighted by Gasteiger charge is 2.51. The molecule has 386 valence electrons. The van der Waals surface area contributed by atoms with Gasteiger partial charge in [0.1, 0.15) is 48.8 Å². The minimum atomic E-state index is -1.78. The summed E-state index contributed by atoms with van der Waals surface area (Å²) in [6, 6.07) is -0.819. The van der Waals surface area contributed by atoms with Crippen LogP contribution in [0.2, 0.25) is 0 Å². The van der Waals surface area contributed by atoms with E-state index in [0.29, 0.717) is 12.8 Å². The van der Waals surface area contributed by atoms with Crippen molar-refractivity contribution < 1.29 is 64.6 Å². The topological polar surface area (TPSA) is 228 Å². The number of rotatable bonds is 42. The third-order valence-corrected chi connectivity index (χ3v) is 13.6. The van der Waals surface area contributed by atoms with Gasteiger partial charge in [-0.15, -0.1) is 0 Å². The van der Waals surface area contributed by atoms with E-state index in [1.807, 2.05) is 0 Å². The molecule has 0 aromatic rings. The van der Waals surface area contributed by atoms with Gasteiger partial charge in [0.25, 0.3) is 0 Å². The molecule has 2 aliphatic rings. The van der Waals surface area contributed by atoms with E-state index in [1.165, 1.54) is 148 Å². The van der Waals surface area contributed by atoms with Gasteiger partial charge in [-0.1, -0.05) is 206 Å². The summed E-state index contributed by atoms with van der Waals surface area (Å²) < 4.78 is 22.7. The van der Waals surface area contributed by atoms with Crippen molar-refractivity contribution in [2.45, 2.75) is 299 Å². The molecule has 9 N–H and O–H groups in total. The zero-order valence-electron chi connectivity index (χ0n) is 41.0. The van der Waals surface area contributed by atoms with Gasteiger partial charge in [-0.05, 0) is 12.8 Å². The Balaban J connectivity index is 1.70. The van der Waals surface area contributed by atoms with Gasteiger partial charge in [-0.3, -0.25) is 4.79 Å². The van der Waals surface area contributed by atoms with Gasteiger partial charge in [-0.25, -0.2) is 0 Å². The predicted molar refractivity (Wildman–Crippen MR) is 254 cm³/mol. The number of unbranched alkanes of at least 4 members (excludes halogenated alkanes) is 29. The molecule has 2 heterocycles. The number of hydrogen-bond acceptors (Lipinski definition) is 13. The lowest BCUT2D eigenvalue weighted by molar-refractivity contribution is -0.359. The lowest BCUT2D eigenvalue weighted by atomic mass is 9.97. The highest BCUT2D eigenvalue weighted by Crippen LogP contribution is 2.30. The van der Waals surface area contributed by atoms with Crippen molar-refractivity contribution in [3.63, 3.8) is 0 Å². The van der Waals surface area contributed by atoms with Crippen molar-refractivity contribution in [2.24, 2.45) is 0 Å². The molecule has 2 aliphatic heterocycles. The molecule has 0 bridgehead atoms. The fraction of sp³-hybridized carbons (Fsp3) is 0.980. The van der Waals surface area contributed by atoms with E-state index < -0.39 is 86.8 Å². The van der Waals surface area contributed by atoms with E-state index in [4.69, 9.17) is 18.9 Å². The maximum Gasteiger partial charge on any atom is 0.220 e. The van der Waals surface area contributed by atoms with Crippen LogP contribution in [-0.4, -0.2) is 140 Å². The average Bonchev–Trinajstić information content (AvgIpc) is 3.30. The van der Waals surface area contributed by atoms with Crippen molar-refractivity contribution in [1.29, 1.82) is 0 Å². The quantitative estimate of drug-likeness (QED) is 0.0273. The Morgan fingerprint density at radius 2 is 0.877 bits per heavy atom. The van der Waals surface area contributed by atoms with Crippen LogP contribution < -0.4 is 5.32 Å². The van der Waals surface area contributed by atoms with Gasteiger partial charge in [0.15, 0.2) is 12.6 Å². The molecule has 0 aromatic heterocycles. The second-order valence-electron chi connectivity index (χ2n) is 19.4. The van der Waals surface area contributed by atoms with Crippen LogP contribution in [0.3, 0.4) is 0 Å². The second kappa shape index (κ2) is 38.8. The zero-order chi connectivity index (χ0) is 47.5. The van der Waals surface area contributed by atoms with Crippen molar-refractivity contribution in [3.05, 3.63) is 0 Å². The monoisotopic (exact) mass is 934 g/mol. The van der Waals surface area contributed by atoms with Gasteiger partial charge in [0, 0.05) is 6.42 Å². The molecular weight excluding hydrogens is 835 g/mol. The Hall–Kier alpha value is -1.01. The van der Waals surface area contributed by atoms with Crippen molar-refractivity contribution in [2.75, 3.05) is 19.8 Å². The Morgan fingerprint density at radius 3 is 1.31 bits per heavy atom. The van der Waals surface area contributed by atoms with E-state index in [-0.39, 0.29) is 12.5 Å². The fourth-order valence-corrected chi connectivity index (χ4v) is 9.18. The Bertz CT molecular complexity index is 1100. The molecule has 0 spiro atoms. The Labute approximate surface area is 393 Å². The Kier molecular flexibility index (Phi) is 35.9. The molecular formula is C51H99NO13. The first kappa shape index (κ1) is 60.1. The predicted octanol–water partition coefficient (Wildman–Crippen LogP) is 7.39. The number of nitrogens with one attached hydrogen (secondary N) is 1. The first-order chi connectivity index (χ1) is 31.6. The highest BCUT2D eigenvalue weighted by atomic mass is 16.7. The first-order valence-corrected chi connectivity index (χ1v) is 26.8. The second-order valence-corrected chi connectivity index (χ2v) is 19.4. The van der Waals surface area contributed by atoms with Crippen LogP contribution in [0.1, 0.15) is 226 Å². The summed E-state index contributed by atoms with van der Waals surface area (Å²) in [5.74, 6) is -0.205. The molecule has 12 unspecified atom stereocenters. The SMILES string of the molecule is CCCCCCCCCCCCCCCCCCCCCCCCCC(=O)NC(COC1OC(CO)C(OC2OC(CO)C(O)C(O)C2O)C(O)C1O)C(O)CCCCCCCCCC. The Morgan fingerprint density at radius 1 is 0.492 bits per heavy atom. The maximum absolute atomic E-state index is 13.2. The third-order valence-electron chi connectivity index (χ3n) is 13.6. The van der Waals surface area contributed by atoms with Gasteiger partial charge in [0.2, 0.25) is 5.91 Å². The van der Waals surface area contributed by atoms with Crippen LogP contribution in [0, 0.1) is 0 Å². The van der Waals surface area contributed by atoms with Gasteiger partial charge >= 0.3 is 0 Å². The van der Waals surface area contributed by atoms with Crippen LogP contribution in [0.15, 0.2) is 0 Å². The summed E-state index contributed by atoms with van der Waals surface area (Å²) in [6.07, 6.45) is 22.8. The first-order valence-electron chi connectivity index (χ1n) is 26.8. The molecule has 0 radical (unpaired) electrons. The molecule has 2 rings (SSSR count). The molecule has 12 atom stereocenters. The standard InChI is InChI=1S/C51H99NO13/c1-3-5-7-9-11-13-14-15-16-17-18-19-20-21-22-23-24-25-26-27-29-31-33-35-43(56)52-39(40(55)34-32-30-28-12-10-8-6-4-2)38-62-50-48(61)46(59)49(42(37-54)64-50)65-51-47(60)45(58)44(57)41(36-53)63-51/h39-42,44-51,53-55,57-61H,3-38H2,1-2H3,(H,52,56). The highest BCUT2D eigenvalue weighted by molar-refractivity contribution is 5.76. The lowest BCUT2D eigenvalue weighted by Crippen LogP contribution is -2.65. The number of aliphatic hydroxyl groups is 8. The van der Waals surface area contributed by atoms with Crippen molar-refractivity contribution >= 4 is 5.91 Å². The number of aliphatic hydroxyl groups excluding tert-OH is 8. The van der Waals surface area contributed by atoms with E-state index in [0.717, 1.165) is 51.4 Å². The smallest absolute Gasteiger partial charge is 0.220 e. The summed E-state index contributed by atoms with van der Waals surface area (Å²) >= 11 is 0. The van der Waals surface area contributed by atoms with Crippen LogP contribution in [0.5, 0.6) is 0 Å². The van der Waals surface area contributed by atoms with Crippen LogP contribution >= 0.6 is 0 Å². The minimum absolute atomic E-state index is 0.205. The summed E-state index contributed by atoms with van der Waals surface area (Å²) in [5.41, 5.74) is 0. The fourth-order valence-electron chi connectivity index (χ4n) is 9.18. The lowest BCUT2D eigenvalue weighted by Gasteiger charge is -2.46. The zero-order valence-corrected chi connectivity index (χ0v) is 41.0. The summed E-state index contributed by atoms with van der Waals surface area (Å²) in [4.78, 5) is 13.2. The minimum Gasteiger partial charge on any atom is -0.394 e. The molecule has 0 saturated carbocycles. The number of carbonyl (C=O) groups is 1. The van der Waals surface area contributed by atoms with Crippen LogP contribution in [-0.2, 0) is 23.7 Å². The van der Waals surface area contributed by atoms with Gasteiger partial charge in [0.05, 0.1) is 32.0 Å². The number of amides is 1. The van der Waals surface area contributed by atoms with Crippen LogP contribution in [0.4, 0.5) is 0 Å².